The van der Waals surface area contributed by atoms with Crippen LogP contribution in [-0.4, -0.2) is 47.7 Å². The number of rotatable bonds is 16. The van der Waals surface area contributed by atoms with Crippen molar-refractivity contribution in [3.8, 4) is 0 Å². The zero-order valence-corrected chi connectivity index (χ0v) is 22.3. The lowest BCUT2D eigenvalue weighted by Gasteiger charge is -2.21. The van der Waals surface area contributed by atoms with Gasteiger partial charge in [0, 0.05) is 22.6 Å². The fourth-order valence-electron chi connectivity index (χ4n) is 2.34. The van der Waals surface area contributed by atoms with Crippen molar-refractivity contribution < 1.29 is 14.4 Å². The topological polar surface area (TPSA) is 37.3 Å². The van der Waals surface area contributed by atoms with E-state index in [0.29, 0.717) is 0 Å². The van der Waals surface area contributed by atoms with Crippen LogP contribution in [0.1, 0.15) is 58.3 Å². The Bertz CT molecular complexity index is 579. The number of carbonyl (C=O) groups is 1. The molecule has 1 N–H and O–H groups in total. The van der Waals surface area contributed by atoms with Gasteiger partial charge in [-0.2, -0.15) is 0 Å². The monoisotopic (exact) mass is 542 g/mol. The van der Waals surface area contributed by atoms with Crippen molar-refractivity contribution in [2.75, 3.05) is 34.3 Å². The van der Waals surface area contributed by atoms with Crippen LogP contribution in [0.4, 0.5) is 0 Å². The van der Waals surface area contributed by atoms with Gasteiger partial charge < -0.3 is 9.59 Å². The predicted octanol–water partition coefficient (Wildman–Crippen LogP) is 7.11. The van der Waals surface area contributed by atoms with Gasteiger partial charge in [-0.25, -0.2) is 0 Å². The molecule has 0 atom stereocenters. The molecule has 0 spiro atoms. The normalized spacial score (nSPS) is 12.8. The van der Waals surface area contributed by atoms with E-state index in [-0.39, 0.29) is 10.4 Å². The molecule has 0 aliphatic heterocycles. The lowest BCUT2D eigenvalue weighted by Crippen LogP contribution is -2.36. The van der Waals surface area contributed by atoms with Gasteiger partial charge in [0.05, 0.1) is 27.7 Å². The third-order valence-electron chi connectivity index (χ3n) is 4.11. The summed E-state index contributed by atoms with van der Waals surface area (Å²) in [6.07, 6.45) is 34.1. The van der Waals surface area contributed by atoms with Crippen LogP contribution >= 0.6 is 22.6 Å². The summed E-state index contributed by atoms with van der Waals surface area (Å²) in [6, 6.07) is 0. The van der Waals surface area contributed by atoms with Crippen molar-refractivity contribution in [1.82, 2.24) is 0 Å². The molecule has 0 unspecified atom stereocenters. The molecule has 0 aromatic carbocycles. The Morgan fingerprint density at radius 3 is 1.61 bits per heavy atom. The van der Waals surface area contributed by atoms with Gasteiger partial charge in [-0.15, -0.1) is 0 Å². The van der Waals surface area contributed by atoms with Crippen molar-refractivity contribution >= 4 is 26.4 Å². The zero-order valence-electron chi connectivity index (χ0n) is 20.2. The van der Waals surface area contributed by atoms with Crippen molar-refractivity contribution in [2.45, 2.75) is 58.3 Å². The third kappa shape index (κ3) is 36.5. The summed E-state index contributed by atoms with van der Waals surface area (Å²) in [7, 11) is 6.16. The van der Waals surface area contributed by atoms with Crippen LogP contribution in [0.2, 0.25) is 0 Å². The minimum Gasteiger partial charge on any atom is -0.391 e. The Hall–Kier alpha value is -1.24. The van der Waals surface area contributed by atoms with Crippen molar-refractivity contribution in [3.05, 3.63) is 72.9 Å². The molecule has 176 valence electrons. The molecule has 31 heavy (non-hydrogen) atoms. The number of hydrogen-bond donors (Lipinski definition) is 1. The number of halogens is 1. The number of aliphatic hydroxyl groups is 1. The van der Waals surface area contributed by atoms with Crippen LogP contribution < -0.4 is 0 Å². The molecule has 0 heterocycles. The number of unbranched alkanes of at least 4 members (excludes halogenated alkanes) is 7. The molecule has 0 rings (SSSR count). The van der Waals surface area contributed by atoms with E-state index in [4.69, 9.17) is 5.11 Å². The Balaban J connectivity index is 0. The standard InChI is InChI=1S/C22H31IO.C5H14NO/c1-2-3-4-5-6-7-8-9-10-11-12-13-14-15-16-17-18-19-20-21-22(23)24;1-6(2,3)4-5-7/h10-21H,2-9H2,1H3;7H,4-5H2,1-3H3/q;+1/b11-10+,13-12+,15-14+,17-16+,19-18+,21-20+;. The Kier molecular flexibility index (Phi) is 25.8. The average molecular weight is 543 g/mol. The second-order valence-corrected chi connectivity index (χ2v) is 9.34. The van der Waals surface area contributed by atoms with E-state index in [1.54, 1.807) is 28.7 Å². The van der Waals surface area contributed by atoms with E-state index >= 15 is 0 Å². The largest absolute Gasteiger partial charge is 0.391 e. The van der Waals surface area contributed by atoms with E-state index in [9.17, 15) is 4.79 Å². The first kappa shape index (κ1) is 31.9. The van der Waals surface area contributed by atoms with E-state index in [1.807, 2.05) is 42.5 Å². The smallest absolute Gasteiger partial charge is 0.215 e. The summed E-state index contributed by atoms with van der Waals surface area (Å²) in [6.45, 7) is 3.38. The molecule has 0 saturated heterocycles. The van der Waals surface area contributed by atoms with Gasteiger partial charge in [-0.05, 0) is 18.9 Å². The van der Waals surface area contributed by atoms with Crippen LogP contribution in [0.3, 0.4) is 0 Å². The molecule has 0 amide bonds. The summed E-state index contributed by atoms with van der Waals surface area (Å²) in [5.41, 5.74) is 0. The molecule has 0 radical (unpaired) electrons. The number of allylic oxidation sites excluding steroid dienone is 12. The second-order valence-electron chi connectivity index (χ2n) is 8.28. The number of nitrogens with zero attached hydrogens (tertiary/aromatic N) is 1. The van der Waals surface area contributed by atoms with E-state index < -0.39 is 0 Å². The molecule has 0 saturated carbocycles. The number of hydrogen-bond acceptors (Lipinski definition) is 2. The first-order valence-corrected chi connectivity index (χ1v) is 12.5. The quantitative estimate of drug-likeness (QED) is 0.0564. The molecule has 0 fully saturated rings. The predicted molar refractivity (Wildman–Crippen MR) is 146 cm³/mol. The highest BCUT2D eigenvalue weighted by molar-refractivity contribution is 14.1. The molecule has 4 heteroatoms. The maximum Gasteiger partial charge on any atom is 0.215 e. The van der Waals surface area contributed by atoms with Crippen LogP contribution in [0.15, 0.2) is 72.9 Å². The van der Waals surface area contributed by atoms with Gasteiger partial charge in [0.2, 0.25) is 3.79 Å². The van der Waals surface area contributed by atoms with Gasteiger partial charge in [-0.3, -0.25) is 4.79 Å². The minimum absolute atomic E-state index is 0.0336. The van der Waals surface area contributed by atoms with E-state index in [1.165, 1.54) is 57.4 Å². The highest BCUT2D eigenvalue weighted by Crippen LogP contribution is 2.08. The number of aliphatic hydroxyl groups excluding tert-OH is 1. The third-order valence-corrected chi connectivity index (χ3v) is 4.47. The second kappa shape index (κ2) is 25.0. The summed E-state index contributed by atoms with van der Waals surface area (Å²) in [5.74, 6) is 0. The lowest BCUT2D eigenvalue weighted by molar-refractivity contribution is -0.870. The molecule has 0 aromatic rings. The van der Waals surface area contributed by atoms with Crippen LogP contribution in [0.25, 0.3) is 0 Å². The van der Waals surface area contributed by atoms with E-state index in [2.05, 4.69) is 46.3 Å². The number of likely N-dealkylation sites (N-methyl/N-ethyl adjacent to an activating group) is 1. The summed E-state index contributed by atoms with van der Waals surface area (Å²) in [4.78, 5) is 10.6. The summed E-state index contributed by atoms with van der Waals surface area (Å²) in [5, 5.41) is 8.39. The van der Waals surface area contributed by atoms with Gasteiger partial charge in [0.1, 0.15) is 6.54 Å². The Morgan fingerprint density at radius 2 is 1.19 bits per heavy atom. The Morgan fingerprint density at radius 1 is 0.742 bits per heavy atom. The molecular weight excluding hydrogens is 497 g/mol. The fraction of sp³-hybridized carbons (Fsp3) is 0.519. The average Bonchev–Trinajstić information content (AvgIpc) is 2.69. The van der Waals surface area contributed by atoms with Gasteiger partial charge in [0.15, 0.2) is 0 Å². The molecule has 0 bridgehead atoms. The number of carbonyl (C=O) groups excluding carboxylic acids is 1. The highest BCUT2D eigenvalue weighted by Gasteiger charge is 2.02. The first-order chi connectivity index (χ1) is 14.8. The first-order valence-electron chi connectivity index (χ1n) is 11.4. The number of quaternary nitrogens is 1. The van der Waals surface area contributed by atoms with Gasteiger partial charge >= 0.3 is 0 Å². The van der Waals surface area contributed by atoms with Crippen molar-refractivity contribution in [3.63, 3.8) is 0 Å². The van der Waals surface area contributed by atoms with E-state index in [0.717, 1.165) is 11.0 Å². The van der Waals surface area contributed by atoms with Crippen molar-refractivity contribution in [1.29, 1.82) is 0 Å². The molecular formula is C27H45INO2+. The van der Waals surface area contributed by atoms with Crippen LogP contribution in [0.5, 0.6) is 0 Å². The highest BCUT2D eigenvalue weighted by atomic mass is 127. The molecule has 3 nitrogen and oxygen atoms in total. The fourth-order valence-corrected chi connectivity index (χ4v) is 2.55. The summed E-state index contributed by atoms with van der Waals surface area (Å²) >= 11 is 1.75. The zero-order chi connectivity index (χ0) is 23.6. The van der Waals surface area contributed by atoms with Gasteiger partial charge in [-0.1, -0.05) is 112 Å². The maximum atomic E-state index is 10.6. The van der Waals surface area contributed by atoms with Crippen LogP contribution in [0, 0.1) is 0 Å². The molecule has 0 aliphatic rings. The SMILES string of the molecule is CCCCCCCCC/C=C/C=C/C=C/C=C/C=C/C=C/C(=O)I.C[N+](C)(C)CCO. The molecule has 0 aliphatic carbocycles. The summed E-state index contributed by atoms with van der Waals surface area (Å²) < 4.78 is 0.877. The lowest BCUT2D eigenvalue weighted by atomic mass is 10.1. The maximum absolute atomic E-state index is 10.6. The Labute approximate surface area is 205 Å². The van der Waals surface area contributed by atoms with Crippen LogP contribution in [-0.2, 0) is 4.79 Å². The minimum atomic E-state index is 0.0336. The molecule has 0 aromatic heterocycles. The van der Waals surface area contributed by atoms with Crippen molar-refractivity contribution in [2.24, 2.45) is 0 Å². The van der Waals surface area contributed by atoms with Gasteiger partial charge in [0.25, 0.3) is 0 Å².